The van der Waals surface area contributed by atoms with Crippen LogP contribution in [-0.4, -0.2) is 48.6 Å². The Hall–Kier alpha value is -2.03. The van der Waals surface area contributed by atoms with Crippen molar-refractivity contribution in [3.8, 4) is 0 Å². The second-order valence-electron chi connectivity index (χ2n) is 5.27. The minimum absolute atomic E-state index is 0.0826. The fourth-order valence-corrected chi connectivity index (χ4v) is 2.53. The summed E-state index contributed by atoms with van der Waals surface area (Å²) in [6.07, 6.45) is -4.15. The Morgan fingerprint density at radius 1 is 1.32 bits per heavy atom. The van der Waals surface area contributed by atoms with Crippen molar-refractivity contribution >= 4 is 11.8 Å². The number of alkyl halides is 3. The molecule has 0 aliphatic carbocycles. The predicted molar refractivity (Wildman–Crippen MR) is 70.2 cm³/mol. The summed E-state index contributed by atoms with van der Waals surface area (Å²) in [6.45, 7) is 0.0826. The van der Waals surface area contributed by atoms with Gasteiger partial charge in [-0.25, -0.2) is 0 Å². The highest BCUT2D eigenvalue weighted by Gasteiger charge is 2.44. The SMILES string of the molecule is CN1C[C@@H](NC(=O)c2ccc(C(N)=O)o2)CC[C@@H]1C(F)(F)F. The first-order valence-electron chi connectivity index (χ1n) is 6.66. The highest BCUT2D eigenvalue weighted by molar-refractivity contribution is 5.95. The average Bonchev–Trinajstić information content (AvgIpc) is 2.86. The predicted octanol–water partition coefficient (Wildman–Crippen LogP) is 1.13. The van der Waals surface area contributed by atoms with Gasteiger partial charge in [0.1, 0.15) is 6.04 Å². The molecule has 2 amide bonds. The highest BCUT2D eigenvalue weighted by Crippen LogP contribution is 2.30. The number of rotatable bonds is 3. The minimum Gasteiger partial charge on any atom is -0.446 e. The third kappa shape index (κ3) is 3.59. The first-order valence-corrected chi connectivity index (χ1v) is 6.66. The molecule has 2 atom stereocenters. The van der Waals surface area contributed by atoms with E-state index in [1.165, 1.54) is 24.1 Å². The van der Waals surface area contributed by atoms with E-state index in [9.17, 15) is 22.8 Å². The summed E-state index contributed by atoms with van der Waals surface area (Å²) >= 11 is 0. The van der Waals surface area contributed by atoms with Crippen molar-refractivity contribution in [2.75, 3.05) is 13.6 Å². The number of piperidine rings is 1. The van der Waals surface area contributed by atoms with Gasteiger partial charge >= 0.3 is 6.18 Å². The van der Waals surface area contributed by atoms with Gasteiger partial charge in [-0.2, -0.15) is 13.2 Å². The lowest BCUT2D eigenvalue weighted by Gasteiger charge is -2.38. The second kappa shape index (κ2) is 5.99. The summed E-state index contributed by atoms with van der Waals surface area (Å²) in [5.41, 5.74) is 5.01. The molecule has 0 bridgehead atoms. The maximum Gasteiger partial charge on any atom is 0.404 e. The molecule has 1 aromatic heterocycles. The van der Waals surface area contributed by atoms with Crippen molar-refractivity contribution in [1.29, 1.82) is 0 Å². The van der Waals surface area contributed by atoms with Gasteiger partial charge in [0.05, 0.1) is 0 Å². The van der Waals surface area contributed by atoms with Crippen LogP contribution >= 0.6 is 0 Å². The third-order valence-electron chi connectivity index (χ3n) is 3.61. The van der Waals surface area contributed by atoms with Crippen LogP contribution in [-0.2, 0) is 0 Å². The van der Waals surface area contributed by atoms with Crippen molar-refractivity contribution in [3.63, 3.8) is 0 Å². The van der Waals surface area contributed by atoms with Crippen LogP contribution in [0.3, 0.4) is 0 Å². The van der Waals surface area contributed by atoms with Gasteiger partial charge in [0, 0.05) is 12.6 Å². The van der Waals surface area contributed by atoms with E-state index >= 15 is 0 Å². The molecule has 9 heteroatoms. The number of halogens is 3. The molecule has 3 N–H and O–H groups in total. The van der Waals surface area contributed by atoms with Crippen molar-refractivity contribution in [2.45, 2.75) is 31.1 Å². The molecule has 6 nitrogen and oxygen atoms in total. The monoisotopic (exact) mass is 319 g/mol. The maximum atomic E-state index is 12.7. The Kier molecular flexibility index (Phi) is 4.45. The number of likely N-dealkylation sites (tertiary alicyclic amines) is 1. The van der Waals surface area contributed by atoms with Crippen molar-refractivity contribution in [2.24, 2.45) is 5.73 Å². The average molecular weight is 319 g/mol. The van der Waals surface area contributed by atoms with Crippen molar-refractivity contribution in [1.82, 2.24) is 10.2 Å². The normalized spacial score (nSPS) is 23.3. The molecule has 1 aliphatic rings. The number of nitrogens with two attached hydrogens (primary N) is 1. The number of primary amides is 1. The quantitative estimate of drug-likeness (QED) is 0.874. The van der Waals surface area contributed by atoms with Crippen LogP contribution in [0.5, 0.6) is 0 Å². The fourth-order valence-electron chi connectivity index (χ4n) is 2.53. The Labute approximate surface area is 124 Å². The second-order valence-corrected chi connectivity index (χ2v) is 5.27. The van der Waals surface area contributed by atoms with Gasteiger partial charge in [-0.3, -0.25) is 14.5 Å². The molecule has 0 aromatic carbocycles. The molecule has 0 radical (unpaired) electrons. The number of amides is 2. The van der Waals surface area contributed by atoms with Crippen LogP contribution in [0.2, 0.25) is 0 Å². The first-order chi connectivity index (χ1) is 10.2. The van der Waals surface area contributed by atoms with E-state index in [0.717, 1.165) is 0 Å². The summed E-state index contributed by atoms with van der Waals surface area (Å²) in [5.74, 6) is -1.64. The molecule has 1 saturated heterocycles. The van der Waals surface area contributed by atoms with E-state index in [-0.39, 0.29) is 30.9 Å². The Bertz CT molecular complexity index is 570. The molecule has 122 valence electrons. The molecule has 1 fully saturated rings. The summed E-state index contributed by atoms with van der Waals surface area (Å²) in [6, 6.07) is 0.647. The minimum atomic E-state index is -4.28. The maximum absolute atomic E-state index is 12.7. The number of carbonyl (C=O) groups is 2. The number of hydrogen-bond acceptors (Lipinski definition) is 4. The molecule has 0 spiro atoms. The lowest BCUT2D eigenvalue weighted by Crippen LogP contribution is -2.54. The summed E-state index contributed by atoms with van der Waals surface area (Å²) in [7, 11) is 1.37. The van der Waals surface area contributed by atoms with Gasteiger partial charge in [-0.05, 0) is 32.0 Å². The van der Waals surface area contributed by atoms with Gasteiger partial charge < -0.3 is 15.5 Å². The smallest absolute Gasteiger partial charge is 0.404 e. The lowest BCUT2D eigenvalue weighted by atomic mass is 9.98. The van der Waals surface area contributed by atoms with Crippen LogP contribution in [0, 0.1) is 0 Å². The summed E-state index contributed by atoms with van der Waals surface area (Å²) in [5, 5.41) is 2.60. The highest BCUT2D eigenvalue weighted by atomic mass is 19.4. The Morgan fingerprint density at radius 3 is 2.45 bits per heavy atom. The molecule has 22 heavy (non-hydrogen) atoms. The van der Waals surface area contributed by atoms with E-state index in [1.807, 2.05) is 0 Å². The molecular formula is C13H16F3N3O3. The largest absolute Gasteiger partial charge is 0.446 e. The standard InChI is InChI=1S/C13H16F3N3O3/c1-19-6-7(2-5-10(19)13(14,15)16)18-12(21)9-4-3-8(22-9)11(17)20/h3-4,7,10H,2,5-6H2,1H3,(H2,17,20)(H,18,21)/t7-,10+/m0/s1. The van der Waals surface area contributed by atoms with E-state index in [4.69, 9.17) is 10.2 Å². The molecule has 1 aromatic rings. The summed E-state index contributed by atoms with van der Waals surface area (Å²) in [4.78, 5) is 24.0. The van der Waals surface area contributed by atoms with Gasteiger partial charge in [-0.1, -0.05) is 0 Å². The zero-order chi connectivity index (χ0) is 16.5. The van der Waals surface area contributed by atoms with Crippen LogP contribution in [0.1, 0.15) is 34.0 Å². The van der Waals surface area contributed by atoms with E-state index in [1.54, 1.807) is 0 Å². The molecule has 0 unspecified atom stereocenters. The van der Waals surface area contributed by atoms with Crippen LogP contribution in [0.4, 0.5) is 13.2 Å². The van der Waals surface area contributed by atoms with E-state index in [0.29, 0.717) is 0 Å². The Balaban J connectivity index is 1.94. The van der Waals surface area contributed by atoms with E-state index < -0.39 is 30.1 Å². The zero-order valence-electron chi connectivity index (χ0n) is 11.8. The number of likely N-dealkylation sites (N-methyl/N-ethyl adjacent to an activating group) is 1. The van der Waals surface area contributed by atoms with Crippen LogP contribution < -0.4 is 11.1 Å². The van der Waals surface area contributed by atoms with Gasteiger partial charge in [0.25, 0.3) is 11.8 Å². The van der Waals surface area contributed by atoms with Crippen molar-refractivity contribution < 1.29 is 27.2 Å². The molecule has 0 saturated carbocycles. The molecular weight excluding hydrogens is 303 g/mol. The van der Waals surface area contributed by atoms with Crippen LogP contribution in [0.25, 0.3) is 0 Å². The third-order valence-corrected chi connectivity index (χ3v) is 3.61. The van der Waals surface area contributed by atoms with Gasteiger partial charge in [0.2, 0.25) is 0 Å². The molecule has 2 rings (SSSR count). The lowest BCUT2D eigenvalue weighted by molar-refractivity contribution is -0.188. The number of carbonyl (C=O) groups excluding carboxylic acids is 2. The van der Waals surface area contributed by atoms with Crippen LogP contribution in [0.15, 0.2) is 16.5 Å². The van der Waals surface area contributed by atoms with Gasteiger partial charge in [0.15, 0.2) is 11.5 Å². The number of furan rings is 1. The number of hydrogen-bond donors (Lipinski definition) is 2. The first kappa shape index (κ1) is 16.3. The summed E-state index contributed by atoms with van der Waals surface area (Å²) < 4.78 is 43.2. The zero-order valence-corrected chi connectivity index (χ0v) is 11.8. The molecule has 1 aliphatic heterocycles. The van der Waals surface area contributed by atoms with Crippen molar-refractivity contribution in [3.05, 3.63) is 23.7 Å². The van der Waals surface area contributed by atoms with E-state index in [2.05, 4.69) is 5.32 Å². The number of nitrogens with one attached hydrogen (secondary N) is 1. The van der Waals surface area contributed by atoms with Gasteiger partial charge in [-0.15, -0.1) is 0 Å². The fraction of sp³-hybridized carbons (Fsp3) is 0.538. The molecule has 2 heterocycles. The number of nitrogens with zero attached hydrogens (tertiary/aromatic N) is 1. The Morgan fingerprint density at radius 2 is 1.95 bits per heavy atom. The topological polar surface area (TPSA) is 88.6 Å².